The van der Waals surface area contributed by atoms with Crippen molar-refractivity contribution in [1.29, 1.82) is 0 Å². The Morgan fingerprint density at radius 2 is 1.92 bits per heavy atom. The highest BCUT2D eigenvalue weighted by Gasteiger charge is 2.21. The summed E-state index contributed by atoms with van der Waals surface area (Å²) in [6.07, 6.45) is 1.52. The molecule has 2 amide bonds. The van der Waals surface area contributed by atoms with E-state index in [-0.39, 0.29) is 18.4 Å². The number of carbonyl (C=O) groups is 2. The van der Waals surface area contributed by atoms with Crippen molar-refractivity contribution < 1.29 is 9.59 Å². The van der Waals surface area contributed by atoms with E-state index in [4.69, 9.17) is 11.6 Å². The molecule has 1 aromatic carbocycles. The third kappa shape index (κ3) is 4.20. The monoisotopic (exact) mass is 362 g/mol. The molecule has 6 nitrogen and oxygen atoms in total. The minimum atomic E-state index is -0.230. The molecule has 0 radical (unpaired) electrons. The van der Waals surface area contributed by atoms with Crippen LogP contribution < -0.4 is 0 Å². The van der Waals surface area contributed by atoms with Crippen molar-refractivity contribution >= 4 is 23.4 Å². The standard InChI is InChI=1S/C18H23ClN4O2/c1-5-22(6-2)17(24)12-21(4)18(25)16-11-20-23(13(16)3)15-9-7-8-14(19)10-15/h7-11H,5-6,12H2,1-4H3. The normalized spacial score (nSPS) is 10.6. The van der Waals surface area contributed by atoms with Crippen LogP contribution in [0.15, 0.2) is 30.5 Å². The van der Waals surface area contributed by atoms with Gasteiger partial charge in [-0.3, -0.25) is 9.59 Å². The summed E-state index contributed by atoms with van der Waals surface area (Å²) in [5.74, 6) is -0.299. The molecule has 0 fully saturated rings. The van der Waals surface area contributed by atoms with Gasteiger partial charge in [-0.1, -0.05) is 17.7 Å². The Bertz CT molecular complexity index is 768. The predicted molar refractivity (Wildman–Crippen MR) is 98.2 cm³/mol. The van der Waals surface area contributed by atoms with Gasteiger partial charge in [0.2, 0.25) is 5.91 Å². The number of aromatic nitrogens is 2. The minimum absolute atomic E-state index is 0.0439. The predicted octanol–water partition coefficient (Wildman–Crippen LogP) is 2.77. The molecule has 2 rings (SSSR count). The van der Waals surface area contributed by atoms with E-state index in [0.29, 0.717) is 29.4 Å². The second kappa shape index (κ2) is 8.16. The van der Waals surface area contributed by atoms with Crippen molar-refractivity contribution in [2.24, 2.45) is 0 Å². The van der Waals surface area contributed by atoms with Crippen LogP contribution in [0.1, 0.15) is 29.9 Å². The largest absolute Gasteiger partial charge is 0.342 e. The second-order valence-corrected chi connectivity index (χ2v) is 6.20. The second-order valence-electron chi connectivity index (χ2n) is 5.76. The van der Waals surface area contributed by atoms with Crippen LogP contribution in [0, 0.1) is 6.92 Å². The molecular formula is C18H23ClN4O2. The lowest BCUT2D eigenvalue weighted by Crippen LogP contribution is -2.41. The third-order valence-corrected chi connectivity index (χ3v) is 4.36. The number of amides is 2. The molecule has 25 heavy (non-hydrogen) atoms. The molecule has 0 spiro atoms. The number of halogens is 1. The first-order valence-electron chi connectivity index (χ1n) is 8.22. The minimum Gasteiger partial charge on any atom is -0.342 e. The van der Waals surface area contributed by atoms with Crippen LogP contribution in [-0.4, -0.2) is 58.1 Å². The topological polar surface area (TPSA) is 58.4 Å². The van der Waals surface area contributed by atoms with E-state index >= 15 is 0 Å². The molecule has 0 unspecified atom stereocenters. The smallest absolute Gasteiger partial charge is 0.257 e. The molecule has 0 saturated carbocycles. The number of carbonyl (C=O) groups excluding carboxylic acids is 2. The summed E-state index contributed by atoms with van der Waals surface area (Å²) < 4.78 is 1.67. The van der Waals surface area contributed by atoms with Gasteiger partial charge in [0.15, 0.2) is 0 Å². The van der Waals surface area contributed by atoms with Gasteiger partial charge in [-0.2, -0.15) is 5.10 Å². The molecular weight excluding hydrogens is 340 g/mol. The Labute approximate surface area is 153 Å². The van der Waals surface area contributed by atoms with Crippen LogP contribution in [0.3, 0.4) is 0 Å². The summed E-state index contributed by atoms with van der Waals surface area (Å²) in [7, 11) is 1.62. The van der Waals surface area contributed by atoms with Gasteiger partial charge in [0, 0.05) is 25.2 Å². The number of benzene rings is 1. The van der Waals surface area contributed by atoms with E-state index < -0.39 is 0 Å². The average molecular weight is 363 g/mol. The molecule has 1 heterocycles. The zero-order valence-corrected chi connectivity index (χ0v) is 15.7. The Balaban J connectivity index is 2.19. The summed E-state index contributed by atoms with van der Waals surface area (Å²) in [6, 6.07) is 7.26. The van der Waals surface area contributed by atoms with Gasteiger partial charge in [0.25, 0.3) is 5.91 Å². The number of likely N-dealkylation sites (N-methyl/N-ethyl adjacent to an activating group) is 2. The van der Waals surface area contributed by atoms with Gasteiger partial charge < -0.3 is 9.80 Å². The Kier molecular flexibility index (Phi) is 6.20. The summed E-state index contributed by atoms with van der Waals surface area (Å²) >= 11 is 6.02. The van der Waals surface area contributed by atoms with Crippen molar-refractivity contribution in [3.8, 4) is 5.69 Å². The van der Waals surface area contributed by atoms with Crippen LogP contribution >= 0.6 is 11.6 Å². The lowest BCUT2D eigenvalue weighted by molar-refractivity contribution is -0.131. The van der Waals surface area contributed by atoms with Crippen LogP contribution in [0.25, 0.3) is 5.69 Å². The number of rotatable bonds is 6. The van der Waals surface area contributed by atoms with E-state index in [1.54, 1.807) is 28.8 Å². The number of nitrogens with zero attached hydrogens (tertiary/aromatic N) is 4. The summed E-state index contributed by atoms with van der Waals surface area (Å²) in [5, 5.41) is 4.89. The van der Waals surface area contributed by atoms with Gasteiger partial charge in [0.1, 0.15) is 0 Å². The van der Waals surface area contributed by atoms with E-state index in [1.807, 2.05) is 32.9 Å². The average Bonchev–Trinajstić information content (AvgIpc) is 2.96. The van der Waals surface area contributed by atoms with Gasteiger partial charge >= 0.3 is 0 Å². The first-order valence-corrected chi connectivity index (χ1v) is 8.60. The first kappa shape index (κ1) is 19.0. The van der Waals surface area contributed by atoms with E-state index in [9.17, 15) is 9.59 Å². The zero-order chi connectivity index (χ0) is 18.6. The molecule has 0 aliphatic heterocycles. The highest BCUT2D eigenvalue weighted by atomic mass is 35.5. The third-order valence-electron chi connectivity index (χ3n) is 4.13. The maximum atomic E-state index is 12.7. The number of hydrogen-bond donors (Lipinski definition) is 0. The molecule has 0 aliphatic carbocycles. The highest BCUT2D eigenvalue weighted by molar-refractivity contribution is 6.30. The van der Waals surface area contributed by atoms with Crippen molar-refractivity contribution in [3.05, 3.63) is 46.7 Å². The van der Waals surface area contributed by atoms with Gasteiger partial charge in [0.05, 0.1) is 29.7 Å². The molecule has 0 aliphatic rings. The fraction of sp³-hybridized carbons (Fsp3) is 0.389. The zero-order valence-electron chi connectivity index (χ0n) is 15.0. The summed E-state index contributed by atoms with van der Waals surface area (Å²) in [4.78, 5) is 28.0. The fourth-order valence-electron chi connectivity index (χ4n) is 2.64. The van der Waals surface area contributed by atoms with E-state index in [2.05, 4.69) is 5.10 Å². The molecule has 0 saturated heterocycles. The quantitative estimate of drug-likeness (QED) is 0.794. The van der Waals surface area contributed by atoms with Crippen molar-refractivity contribution in [3.63, 3.8) is 0 Å². The maximum Gasteiger partial charge on any atom is 0.257 e. The van der Waals surface area contributed by atoms with Gasteiger partial charge in [-0.25, -0.2) is 4.68 Å². The lowest BCUT2D eigenvalue weighted by atomic mass is 10.2. The molecule has 7 heteroatoms. The van der Waals surface area contributed by atoms with Crippen LogP contribution in [0.5, 0.6) is 0 Å². The Morgan fingerprint density at radius 3 is 2.52 bits per heavy atom. The fourth-order valence-corrected chi connectivity index (χ4v) is 2.83. The maximum absolute atomic E-state index is 12.7. The molecule has 134 valence electrons. The van der Waals surface area contributed by atoms with E-state index in [1.165, 1.54) is 11.1 Å². The SMILES string of the molecule is CCN(CC)C(=O)CN(C)C(=O)c1cnn(-c2cccc(Cl)c2)c1C. The van der Waals surface area contributed by atoms with Crippen LogP contribution in [0.2, 0.25) is 5.02 Å². The van der Waals surface area contributed by atoms with E-state index in [0.717, 1.165) is 5.69 Å². The Morgan fingerprint density at radius 1 is 1.24 bits per heavy atom. The highest BCUT2D eigenvalue weighted by Crippen LogP contribution is 2.18. The number of hydrogen-bond acceptors (Lipinski definition) is 3. The van der Waals surface area contributed by atoms with Gasteiger partial charge in [-0.15, -0.1) is 0 Å². The Hall–Kier alpha value is -2.34. The van der Waals surface area contributed by atoms with Gasteiger partial charge in [-0.05, 0) is 39.0 Å². The molecule has 0 atom stereocenters. The summed E-state index contributed by atoms with van der Waals surface area (Å²) in [5.41, 5.74) is 1.95. The molecule has 0 N–H and O–H groups in total. The molecule has 0 bridgehead atoms. The van der Waals surface area contributed by atoms with Crippen LogP contribution in [-0.2, 0) is 4.79 Å². The molecule has 2 aromatic rings. The van der Waals surface area contributed by atoms with Crippen molar-refractivity contribution in [2.75, 3.05) is 26.7 Å². The lowest BCUT2D eigenvalue weighted by Gasteiger charge is -2.23. The molecule has 1 aromatic heterocycles. The first-order chi connectivity index (χ1) is 11.9. The van der Waals surface area contributed by atoms with Crippen LogP contribution in [0.4, 0.5) is 0 Å². The summed E-state index contributed by atoms with van der Waals surface area (Å²) in [6.45, 7) is 6.96. The van der Waals surface area contributed by atoms with Crippen molar-refractivity contribution in [1.82, 2.24) is 19.6 Å². The van der Waals surface area contributed by atoms with Crippen molar-refractivity contribution in [2.45, 2.75) is 20.8 Å².